The Morgan fingerprint density at radius 3 is 2.53 bits per heavy atom. The summed E-state index contributed by atoms with van der Waals surface area (Å²) in [6, 6.07) is 3.35. The van der Waals surface area contributed by atoms with Gasteiger partial charge in [-0.3, -0.25) is 4.79 Å². The molecular weight excluding hydrogens is 267 g/mol. The van der Waals surface area contributed by atoms with E-state index in [0.717, 1.165) is 12.1 Å². The SMILES string of the molecule is O=C(c1c(O)cccc1NCC(O)CO)C(F)(F)F. The molecule has 0 radical (unpaired) electrons. The third kappa shape index (κ3) is 3.83. The molecule has 0 fully saturated rings. The van der Waals surface area contributed by atoms with Crippen molar-refractivity contribution >= 4 is 11.5 Å². The van der Waals surface area contributed by atoms with Crippen molar-refractivity contribution in [1.29, 1.82) is 0 Å². The van der Waals surface area contributed by atoms with E-state index in [-0.39, 0.29) is 12.2 Å². The molecular formula is C11H12F3NO4. The molecule has 0 amide bonds. The quantitative estimate of drug-likeness (QED) is 0.601. The molecule has 0 saturated heterocycles. The Balaban J connectivity index is 3.06. The number of nitrogens with one attached hydrogen (secondary N) is 1. The number of benzene rings is 1. The van der Waals surface area contributed by atoms with E-state index in [1.807, 2.05) is 0 Å². The molecule has 1 atom stereocenters. The molecule has 19 heavy (non-hydrogen) atoms. The summed E-state index contributed by atoms with van der Waals surface area (Å²) in [4.78, 5) is 11.2. The van der Waals surface area contributed by atoms with Crippen molar-refractivity contribution in [2.75, 3.05) is 18.5 Å². The van der Waals surface area contributed by atoms with Crippen molar-refractivity contribution < 1.29 is 33.3 Å². The second kappa shape index (κ2) is 5.89. The van der Waals surface area contributed by atoms with Crippen molar-refractivity contribution in [2.45, 2.75) is 12.3 Å². The molecule has 1 aromatic carbocycles. The number of carbonyl (C=O) groups is 1. The van der Waals surface area contributed by atoms with Crippen molar-refractivity contribution in [3.8, 4) is 5.75 Å². The van der Waals surface area contributed by atoms with Crippen LogP contribution in [0.2, 0.25) is 0 Å². The van der Waals surface area contributed by atoms with Crippen LogP contribution in [0, 0.1) is 0 Å². The number of aromatic hydroxyl groups is 1. The Morgan fingerprint density at radius 2 is 2.00 bits per heavy atom. The Hall–Kier alpha value is -1.80. The van der Waals surface area contributed by atoms with Crippen LogP contribution in [0.3, 0.4) is 0 Å². The Labute approximate surface area is 106 Å². The maximum atomic E-state index is 12.4. The van der Waals surface area contributed by atoms with E-state index in [1.165, 1.54) is 6.07 Å². The van der Waals surface area contributed by atoms with Gasteiger partial charge in [-0.1, -0.05) is 6.07 Å². The van der Waals surface area contributed by atoms with Crippen molar-refractivity contribution in [3.63, 3.8) is 0 Å². The third-order valence-electron chi connectivity index (χ3n) is 2.27. The van der Waals surface area contributed by atoms with Gasteiger partial charge in [0.25, 0.3) is 5.78 Å². The summed E-state index contributed by atoms with van der Waals surface area (Å²) in [6.07, 6.45) is -6.32. The lowest BCUT2D eigenvalue weighted by Gasteiger charge is -2.15. The summed E-state index contributed by atoms with van der Waals surface area (Å²) in [6.45, 7) is -0.855. The fourth-order valence-corrected chi connectivity index (χ4v) is 1.36. The standard InChI is InChI=1S/C11H12F3NO4/c12-11(13,14)10(19)9-7(2-1-3-8(9)18)15-4-6(17)5-16/h1-3,6,15-18H,4-5H2. The van der Waals surface area contributed by atoms with E-state index >= 15 is 0 Å². The first-order valence-electron chi connectivity index (χ1n) is 5.23. The molecule has 8 heteroatoms. The van der Waals surface area contributed by atoms with Crippen LogP contribution in [0.4, 0.5) is 18.9 Å². The van der Waals surface area contributed by atoms with Crippen molar-refractivity contribution in [3.05, 3.63) is 23.8 Å². The third-order valence-corrected chi connectivity index (χ3v) is 2.27. The highest BCUT2D eigenvalue weighted by atomic mass is 19.4. The zero-order valence-electron chi connectivity index (χ0n) is 9.61. The monoisotopic (exact) mass is 279 g/mol. The van der Waals surface area contributed by atoms with Crippen LogP contribution in [-0.4, -0.2) is 46.5 Å². The van der Waals surface area contributed by atoms with Crippen LogP contribution in [0.5, 0.6) is 5.75 Å². The topological polar surface area (TPSA) is 89.8 Å². The number of hydrogen-bond acceptors (Lipinski definition) is 5. The number of phenols is 1. The molecule has 0 aromatic heterocycles. The second-order valence-electron chi connectivity index (χ2n) is 3.74. The summed E-state index contributed by atoms with van der Waals surface area (Å²) >= 11 is 0. The Morgan fingerprint density at radius 1 is 1.37 bits per heavy atom. The minimum atomic E-state index is -5.12. The average molecular weight is 279 g/mol. The highest BCUT2D eigenvalue weighted by molar-refractivity contribution is 6.07. The summed E-state index contributed by atoms with van der Waals surface area (Å²) < 4.78 is 37.1. The van der Waals surface area contributed by atoms with Gasteiger partial charge in [0, 0.05) is 12.2 Å². The zero-order chi connectivity index (χ0) is 14.6. The van der Waals surface area contributed by atoms with Crippen LogP contribution in [-0.2, 0) is 0 Å². The van der Waals surface area contributed by atoms with Gasteiger partial charge in [0.1, 0.15) is 5.75 Å². The van der Waals surface area contributed by atoms with E-state index in [2.05, 4.69) is 5.32 Å². The fraction of sp³-hybridized carbons (Fsp3) is 0.364. The summed E-state index contributed by atoms with van der Waals surface area (Å²) in [5.74, 6) is -3.00. The lowest BCUT2D eigenvalue weighted by Crippen LogP contribution is -2.27. The number of aliphatic hydroxyl groups excluding tert-OH is 2. The molecule has 1 unspecified atom stereocenters. The maximum absolute atomic E-state index is 12.4. The van der Waals surface area contributed by atoms with Gasteiger partial charge in [-0.15, -0.1) is 0 Å². The molecule has 0 bridgehead atoms. The van der Waals surface area contributed by atoms with Crippen molar-refractivity contribution in [2.24, 2.45) is 0 Å². The molecule has 0 aliphatic carbocycles. The number of ketones is 1. The number of hydrogen-bond donors (Lipinski definition) is 4. The molecule has 1 aromatic rings. The number of alkyl halides is 3. The van der Waals surface area contributed by atoms with E-state index < -0.39 is 36.0 Å². The van der Waals surface area contributed by atoms with Crippen molar-refractivity contribution in [1.82, 2.24) is 0 Å². The van der Waals surface area contributed by atoms with Gasteiger partial charge < -0.3 is 20.6 Å². The lowest BCUT2D eigenvalue weighted by molar-refractivity contribution is -0.0886. The number of Topliss-reactive ketones (excluding diaryl/α,β-unsaturated/α-hetero) is 1. The van der Waals surface area contributed by atoms with Gasteiger partial charge in [-0.25, -0.2) is 0 Å². The largest absolute Gasteiger partial charge is 0.507 e. The highest BCUT2D eigenvalue weighted by Crippen LogP contribution is 2.32. The molecule has 5 nitrogen and oxygen atoms in total. The lowest BCUT2D eigenvalue weighted by atomic mass is 10.1. The molecule has 4 N–H and O–H groups in total. The van der Waals surface area contributed by atoms with Crippen LogP contribution in [0.15, 0.2) is 18.2 Å². The van der Waals surface area contributed by atoms with Gasteiger partial charge in [-0.05, 0) is 12.1 Å². The normalized spacial score (nSPS) is 13.1. The zero-order valence-corrected chi connectivity index (χ0v) is 9.61. The number of rotatable bonds is 5. The predicted molar refractivity (Wildman–Crippen MR) is 60.1 cm³/mol. The van der Waals surface area contributed by atoms with Crippen LogP contribution in [0.25, 0.3) is 0 Å². The predicted octanol–water partition coefficient (Wildman–Crippen LogP) is 0.902. The summed E-state index contributed by atoms with van der Waals surface area (Å²) in [5.41, 5.74) is -1.19. The Bertz CT molecular complexity index is 462. The molecule has 0 aliphatic rings. The molecule has 0 spiro atoms. The van der Waals surface area contributed by atoms with Crippen LogP contribution >= 0.6 is 0 Å². The minimum absolute atomic E-state index is 0.266. The van der Waals surface area contributed by atoms with E-state index in [0.29, 0.717) is 0 Å². The van der Waals surface area contributed by atoms with Crippen LogP contribution < -0.4 is 5.32 Å². The number of anilines is 1. The van der Waals surface area contributed by atoms with E-state index in [9.17, 15) is 23.1 Å². The number of aliphatic hydroxyl groups is 2. The molecule has 0 aliphatic heterocycles. The summed E-state index contributed by atoms with van der Waals surface area (Å²) in [7, 11) is 0. The number of carbonyl (C=O) groups excluding carboxylic acids is 1. The number of phenolic OH excluding ortho intramolecular Hbond substituents is 1. The van der Waals surface area contributed by atoms with Gasteiger partial charge in [0.2, 0.25) is 0 Å². The second-order valence-corrected chi connectivity index (χ2v) is 3.74. The van der Waals surface area contributed by atoms with Gasteiger partial charge in [-0.2, -0.15) is 13.2 Å². The minimum Gasteiger partial charge on any atom is -0.507 e. The summed E-state index contributed by atoms with van der Waals surface area (Å²) in [5, 5.41) is 29.4. The first kappa shape index (κ1) is 15.3. The molecule has 0 heterocycles. The fourth-order valence-electron chi connectivity index (χ4n) is 1.36. The first-order valence-corrected chi connectivity index (χ1v) is 5.23. The van der Waals surface area contributed by atoms with Crippen LogP contribution in [0.1, 0.15) is 10.4 Å². The van der Waals surface area contributed by atoms with Gasteiger partial charge in [0.05, 0.1) is 18.3 Å². The van der Waals surface area contributed by atoms with E-state index in [4.69, 9.17) is 10.2 Å². The first-order chi connectivity index (χ1) is 8.77. The highest BCUT2D eigenvalue weighted by Gasteiger charge is 2.42. The average Bonchev–Trinajstić information content (AvgIpc) is 2.34. The smallest absolute Gasteiger partial charge is 0.455 e. The molecule has 0 saturated carbocycles. The molecule has 1 rings (SSSR count). The maximum Gasteiger partial charge on any atom is 0.455 e. The number of halogens is 3. The van der Waals surface area contributed by atoms with Gasteiger partial charge >= 0.3 is 6.18 Å². The van der Waals surface area contributed by atoms with Gasteiger partial charge in [0.15, 0.2) is 0 Å². The van der Waals surface area contributed by atoms with E-state index in [1.54, 1.807) is 0 Å². The molecule has 106 valence electrons. The Kier molecular flexibility index (Phi) is 4.73.